The fourth-order valence-corrected chi connectivity index (χ4v) is 3.72. The fourth-order valence-electron chi connectivity index (χ4n) is 1.86. The molecule has 0 fully saturated rings. The average Bonchev–Trinajstić information content (AvgIpc) is 2.91. The molecule has 5 nitrogen and oxygen atoms in total. The van der Waals surface area contributed by atoms with Gasteiger partial charge in [-0.05, 0) is 34.5 Å². The molecule has 2 aromatic rings. The highest BCUT2D eigenvalue weighted by Crippen LogP contribution is 2.30. The van der Waals surface area contributed by atoms with E-state index in [1.54, 1.807) is 0 Å². The lowest BCUT2D eigenvalue weighted by molar-refractivity contribution is 0.387. The first-order valence-corrected chi connectivity index (χ1v) is 8.35. The van der Waals surface area contributed by atoms with Crippen LogP contribution in [0.15, 0.2) is 33.9 Å². The van der Waals surface area contributed by atoms with E-state index in [1.165, 1.54) is 31.6 Å². The number of hydrogen-bond acceptors (Lipinski definition) is 5. The molecule has 0 atom stereocenters. The molecule has 0 aliphatic carbocycles. The number of halogens is 1. The van der Waals surface area contributed by atoms with Gasteiger partial charge in [0.1, 0.15) is 0 Å². The van der Waals surface area contributed by atoms with Crippen molar-refractivity contribution in [2.45, 2.75) is 11.4 Å². The fraction of sp³-hybridized carbons (Fsp3) is 0.231. The van der Waals surface area contributed by atoms with Crippen molar-refractivity contribution in [3.05, 3.63) is 40.3 Å². The monoisotopic (exact) mass is 330 g/mol. The zero-order valence-corrected chi connectivity index (χ0v) is 13.2. The lowest BCUT2D eigenvalue weighted by Gasteiger charge is -2.17. The summed E-state index contributed by atoms with van der Waals surface area (Å²) in [4.78, 5) is -0.198. The van der Waals surface area contributed by atoms with Crippen molar-refractivity contribution in [2.24, 2.45) is 0 Å². The molecule has 1 heterocycles. The van der Waals surface area contributed by atoms with E-state index in [0.717, 1.165) is 15.9 Å². The molecule has 21 heavy (non-hydrogen) atoms. The molecule has 0 spiro atoms. The minimum atomic E-state index is -3.82. The maximum atomic E-state index is 13.8. The first-order valence-electron chi connectivity index (χ1n) is 5.96. The molecule has 114 valence electrons. The van der Waals surface area contributed by atoms with E-state index in [4.69, 9.17) is 10.5 Å². The Balaban J connectivity index is 2.35. The van der Waals surface area contributed by atoms with E-state index in [0.29, 0.717) is 0 Å². The highest BCUT2D eigenvalue weighted by molar-refractivity contribution is 7.89. The van der Waals surface area contributed by atoms with E-state index in [-0.39, 0.29) is 22.9 Å². The summed E-state index contributed by atoms with van der Waals surface area (Å²) < 4.78 is 44.6. The van der Waals surface area contributed by atoms with Gasteiger partial charge in [0.2, 0.25) is 10.0 Å². The predicted molar refractivity (Wildman–Crippen MR) is 80.3 cm³/mol. The van der Waals surface area contributed by atoms with Gasteiger partial charge < -0.3 is 10.5 Å². The van der Waals surface area contributed by atoms with Crippen LogP contribution in [0.4, 0.5) is 10.1 Å². The molecule has 1 aromatic heterocycles. The zero-order valence-electron chi connectivity index (χ0n) is 11.5. The number of rotatable bonds is 5. The van der Waals surface area contributed by atoms with Gasteiger partial charge in [0.25, 0.3) is 0 Å². The van der Waals surface area contributed by atoms with Crippen molar-refractivity contribution >= 4 is 27.0 Å². The highest BCUT2D eigenvalue weighted by Gasteiger charge is 2.24. The Bertz CT molecular complexity index is 707. The molecule has 0 radical (unpaired) electrons. The summed E-state index contributed by atoms with van der Waals surface area (Å²) in [5, 5.41) is 3.72. The topological polar surface area (TPSA) is 72.6 Å². The standard InChI is InChI=1S/C13H15FN2O3S2/c1-16(7-9-3-4-20-8-9)21(17,18)10-5-11(14)13(19-2)12(15)6-10/h3-6,8H,7,15H2,1-2H3. The molecular weight excluding hydrogens is 315 g/mol. The van der Waals surface area contributed by atoms with Crippen LogP contribution in [0.25, 0.3) is 0 Å². The quantitative estimate of drug-likeness (QED) is 0.854. The van der Waals surface area contributed by atoms with Gasteiger partial charge in [0.15, 0.2) is 11.6 Å². The maximum absolute atomic E-state index is 13.8. The smallest absolute Gasteiger partial charge is 0.243 e. The molecule has 0 bridgehead atoms. The Morgan fingerprint density at radius 3 is 2.67 bits per heavy atom. The molecular formula is C13H15FN2O3S2. The number of ether oxygens (including phenoxy) is 1. The van der Waals surface area contributed by atoms with Crippen molar-refractivity contribution in [1.29, 1.82) is 0 Å². The number of nitrogens with zero attached hydrogens (tertiary/aromatic N) is 1. The molecule has 0 aliphatic rings. The van der Waals surface area contributed by atoms with Crippen LogP contribution in [0.1, 0.15) is 5.56 Å². The number of nitrogens with two attached hydrogens (primary N) is 1. The van der Waals surface area contributed by atoms with Crippen molar-refractivity contribution in [3.8, 4) is 5.75 Å². The van der Waals surface area contributed by atoms with Crippen molar-refractivity contribution in [3.63, 3.8) is 0 Å². The number of benzene rings is 1. The van der Waals surface area contributed by atoms with Crippen LogP contribution in [0.5, 0.6) is 5.75 Å². The second-order valence-electron chi connectivity index (χ2n) is 4.42. The Labute approximate surface area is 126 Å². The van der Waals surface area contributed by atoms with E-state index in [2.05, 4.69) is 0 Å². The lowest BCUT2D eigenvalue weighted by atomic mass is 10.3. The van der Waals surface area contributed by atoms with E-state index in [9.17, 15) is 12.8 Å². The summed E-state index contributed by atoms with van der Waals surface area (Å²) in [6, 6.07) is 3.94. The number of thiophene rings is 1. The zero-order chi connectivity index (χ0) is 15.6. The van der Waals surface area contributed by atoms with Crippen LogP contribution in [0.2, 0.25) is 0 Å². The third-order valence-electron chi connectivity index (χ3n) is 2.94. The summed E-state index contributed by atoms with van der Waals surface area (Å²) >= 11 is 1.48. The summed E-state index contributed by atoms with van der Waals surface area (Å²) in [7, 11) is -1.12. The third-order valence-corrected chi connectivity index (χ3v) is 5.46. The highest BCUT2D eigenvalue weighted by atomic mass is 32.2. The minimum absolute atomic E-state index is 0.0555. The summed E-state index contributed by atoms with van der Waals surface area (Å²) in [6.07, 6.45) is 0. The third kappa shape index (κ3) is 3.17. The van der Waals surface area contributed by atoms with E-state index >= 15 is 0 Å². The van der Waals surface area contributed by atoms with Gasteiger partial charge in [-0.1, -0.05) is 0 Å². The first-order chi connectivity index (χ1) is 9.86. The van der Waals surface area contributed by atoms with Gasteiger partial charge in [-0.3, -0.25) is 0 Å². The van der Waals surface area contributed by atoms with E-state index in [1.807, 2.05) is 16.8 Å². The first kappa shape index (κ1) is 15.7. The molecule has 0 unspecified atom stereocenters. The number of sulfonamides is 1. The largest absolute Gasteiger partial charge is 0.492 e. The van der Waals surface area contributed by atoms with Crippen LogP contribution in [0, 0.1) is 5.82 Å². The average molecular weight is 330 g/mol. The SMILES string of the molecule is COc1c(N)cc(S(=O)(=O)N(C)Cc2ccsc2)cc1F. The molecule has 0 saturated carbocycles. The van der Waals surface area contributed by atoms with Crippen LogP contribution < -0.4 is 10.5 Å². The van der Waals surface area contributed by atoms with Gasteiger partial charge in [0.05, 0.1) is 17.7 Å². The van der Waals surface area contributed by atoms with Crippen LogP contribution >= 0.6 is 11.3 Å². The second kappa shape index (κ2) is 6.00. The molecule has 8 heteroatoms. The van der Waals surface area contributed by atoms with Gasteiger partial charge in [-0.2, -0.15) is 15.6 Å². The van der Waals surface area contributed by atoms with Crippen molar-refractivity contribution in [2.75, 3.05) is 19.9 Å². The van der Waals surface area contributed by atoms with Gasteiger partial charge in [0, 0.05) is 13.6 Å². The Morgan fingerprint density at radius 2 is 2.14 bits per heavy atom. The van der Waals surface area contributed by atoms with Gasteiger partial charge in [-0.15, -0.1) is 0 Å². The summed E-state index contributed by atoms with van der Waals surface area (Å²) in [5.41, 5.74) is 6.43. The van der Waals surface area contributed by atoms with Gasteiger partial charge >= 0.3 is 0 Å². The Hall–Kier alpha value is -1.64. The number of anilines is 1. The molecule has 0 amide bonds. The van der Waals surface area contributed by atoms with Crippen molar-refractivity contribution < 1.29 is 17.5 Å². The molecule has 0 saturated heterocycles. The van der Waals surface area contributed by atoms with Crippen LogP contribution in [-0.4, -0.2) is 26.9 Å². The maximum Gasteiger partial charge on any atom is 0.243 e. The second-order valence-corrected chi connectivity index (χ2v) is 7.25. The van der Waals surface area contributed by atoms with Crippen LogP contribution in [-0.2, 0) is 16.6 Å². The Morgan fingerprint density at radius 1 is 1.43 bits per heavy atom. The summed E-state index contributed by atoms with van der Waals surface area (Å²) in [5.74, 6) is -0.963. The molecule has 2 rings (SSSR count). The van der Waals surface area contributed by atoms with Gasteiger partial charge in [-0.25, -0.2) is 12.8 Å². The number of nitrogen functional groups attached to an aromatic ring is 1. The lowest BCUT2D eigenvalue weighted by Crippen LogP contribution is -2.26. The van der Waals surface area contributed by atoms with Crippen LogP contribution in [0.3, 0.4) is 0 Å². The molecule has 2 N–H and O–H groups in total. The number of methoxy groups -OCH3 is 1. The molecule has 1 aromatic carbocycles. The molecule has 0 aliphatic heterocycles. The summed E-state index contributed by atoms with van der Waals surface area (Å²) in [6.45, 7) is 0.208. The normalized spacial score (nSPS) is 11.8. The number of hydrogen-bond donors (Lipinski definition) is 1. The predicted octanol–water partition coefficient (Wildman–Crippen LogP) is 2.30. The van der Waals surface area contributed by atoms with Crippen molar-refractivity contribution in [1.82, 2.24) is 4.31 Å². The Kier molecular flexibility index (Phi) is 4.50. The minimum Gasteiger partial charge on any atom is -0.492 e. The van der Waals surface area contributed by atoms with E-state index < -0.39 is 15.8 Å².